The van der Waals surface area contributed by atoms with Crippen molar-refractivity contribution in [2.75, 3.05) is 11.1 Å². The van der Waals surface area contributed by atoms with Crippen LogP contribution in [-0.4, -0.2) is 20.6 Å². The average Bonchev–Trinajstić information content (AvgIpc) is 3.07. The number of nitrogens with one attached hydrogen (secondary N) is 1. The Morgan fingerprint density at radius 2 is 1.89 bits per heavy atom. The summed E-state index contributed by atoms with van der Waals surface area (Å²) in [7, 11) is 0. The van der Waals surface area contributed by atoms with Gasteiger partial charge in [0.05, 0.1) is 11.9 Å². The number of nitrogens with zero attached hydrogens (tertiary/aromatic N) is 3. The monoisotopic (exact) mass is 360 g/mol. The lowest BCUT2D eigenvalue weighted by atomic mass is 9.81. The third-order valence-electron chi connectivity index (χ3n) is 5.19. The summed E-state index contributed by atoms with van der Waals surface area (Å²) in [6.07, 6.45) is 5.77. The molecule has 0 spiro atoms. The minimum Gasteiger partial charge on any atom is -0.382 e. The number of imidazole rings is 1. The molecule has 0 amide bonds. The predicted molar refractivity (Wildman–Crippen MR) is 109 cm³/mol. The molecule has 0 bridgehead atoms. The van der Waals surface area contributed by atoms with Crippen molar-refractivity contribution in [3.8, 4) is 11.8 Å². The molecule has 0 saturated heterocycles. The van der Waals surface area contributed by atoms with Gasteiger partial charge in [0, 0.05) is 17.3 Å². The SMILES string of the molecule is CC#Cc1cnc2c(Nc3ccccc3)c([C@H]3CC[C@@H](N)CC3)c(N)nn12. The van der Waals surface area contributed by atoms with E-state index < -0.39 is 0 Å². The third-order valence-corrected chi connectivity index (χ3v) is 5.19. The Bertz CT molecular complexity index is 1000. The molecule has 1 fully saturated rings. The minimum atomic E-state index is 0.280. The van der Waals surface area contributed by atoms with Gasteiger partial charge in [-0.15, -0.1) is 5.10 Å². The van der Waals surface area contributed by atoms with Crippen LogP contribution in [0.4, 0.5) is 17.2 Å². The van der Waals surface area contributed by atoms with Gasteiger partial charge < -0.3 is 16.8 Å². The van der Waals surface area contributed by atoms with Crippen molar-refractivity contribution in [1.82, 2.24) is 14.6 Å². The zero-order chi connectivity index (χ0) is 18.8. The number of rotatable bonds is 3. The lowest BCUT2D eigenvalue weighted by molar-refractivity contribution is 0.396. The Hall–Kier alpha value is -3.04. The van der Waals surface area contributed by atoms with Gasteiger partial charge in [0.15, 0.2) is 5.65 Å². The fraction of sp³-hybridized carbons (Fsp3) is 0.333. The molecule has 6 heteroatoms. The molecule has 138 valence electrons. The minimum absolute atomic E-state index is 0.280. The molecule has 27 heavy (non-hydrogen) atoms. The van der Waals surface area contributed by atoms with Crippen molar-refractivity contribution in [2.45, 2.75) is 44.6 Å². The van der Waals surface area contributed by atoms with Crippen LogP contribution in [0.15, 0.2) is 36.5 Å². The van der Waals surface area contributed by atoms with Gasteiger partial charge in [0.25, 0.3) is 0 Å². The molecule has 1 saturated carbocycles. The summed E-state index contributed by atoms with van der Waals surface area (Å²) in [5.74, 6) is 6.80. The van der Waals surface area contributed by atoms with E-state index in [-0.39, 0.29) is 6.04 Å². The molecule has 0 unspecified atom stereocenters. The van der Waals surface area contributed by atoms with Crippen molar-refractivity contribution in [3.05, 3.63) is 47.8 Å². The van der Waals surface area contributed by atoms with Gasteiger partial charge in [-0.2, -0.15) is 0 Å². The van der Waals surface area contributed by atoms with E-state index in [4.69, 9.17) is 11.5 Å². The molecule has 1 aliphatic rings. The normalized spacial score (nSPS) is 19.5. The largest absolute Gasteiger partial charge is 0.382 e. The molecule has 1 aromatic carbocycles. The maximum Gasteiger partial charge on any atom is 0.179 e. The van der Waals surface area contributed by atoms with Gasteiger partial charge in [0.2, 0.25) is 0 Å². The first-order valence-electron chi connectivity index (χ1n) is 9.35. The lowest BCUT2D eigenvalue weighted by Gasteiger charge is -2.28. The van der Waals surface area contributed by atoms with E-state index in [2.05, 4.69) is 27.2 Å². The highest BCUT2D eigenvalue weighted by Crippen LogP contribution is 2.41. The second-order valence-electron chi connectivity index (χ2n) is 7.03. The van der Waals surface area contributed by atoms with E-state index in [1.807, 2.05) is 30.3 Å². The summed E-state index contributed by atoms with van der Waals surface area (Å²) in [5.41, 5.74) is 17.0. The average molecular weight is 360 g/mol. The van der Waals surface area contributed by atoms with Crippen molar-refractivity contribution in [2.24, 2.45) is 5.73 Å². The molecule has 1 aliphatic carbocycles. The highest BCUT2D eigenvalue weighted by molar-refractivity contribution is 5.81. The fourth-order valence-electron chi connectivity index (χ4n) is 3.85. The summed E-state index contributed by atoms with van der Waals surface area (Å²) in [4.78, 5) is 4.60. The quantitative estimate of drug-likeness (QED) is 0.622. The van der Waals surface area contributed by atoms with Gasteiger partial charge in [0.1, 0.15) is 11.5 Å². The lowest BCUT2D eigenvalue weighted by Crippen LogP contribution is -2.26. The summed E-state index contributed by atoms with van der Waals surface area (Å²) in [6.45, 7) is 1.80. The summed E-state index contributed by atoms with van der Waals surface area (Å²) in [5, 5.41) is 8.15. The number of hydrogen-bond donors (Lipinski definition) is 3. The third kappa shape index (κ3) is 3.34. The van der Waals surface area contributed by atoms with E-state index in [1.54, 1.807) is 17.6 Å². The standard InChI is InChI=1S/C21H24N6/c1-2-6-17-13-24-21-19(25-16-7-4-3-5-8-16)18(20(23)26-27(17)21)14-9-11-15(22)12-10-14/h3-5,7-8,13-15,25H,9-12,22H2,1H3,(H2,23,26)/t14-,15+. The Morgan fingerprint density at radius 1 is 1.15 bits per heavy atom. The maximum absolute atomic E-state index is 6.45. The molecule has 3 aromatic rings. The molecule has 5 N–H and O–H groups in total. The summed E-state index contributed by atoms with van der Waals surface area (Å²) >= 11 is 0. The maximum atomic E-state index is 6.45. The zero-order valence-corrected chi connectivity index (χ0v) is 15.4. The highest BCUT2D eigenvalue weighted by Gasteiger charge is 2.27. The smallest absolute Gasteiger partial charge is 0.179 e. The molecule has 0 atom stereocenters. The first-order valence-corrected chi connectivity index (χ1v) is 9.35. The van der Waals surface area contributed by atoms with Gasteiger partial charge in [-0.25, -0.2) is 9.50 Å². The van der Waals surface area contributed by atoms with Gasteiger partial charge in [-0.3, -0.25) is 0 Å². The molecule has 6 nitrogen and oxygen atoms in total. The topological polar surface area (TPSA) is 94.3 Å². The van der Waals surface area contributed by atoms with Crippen LogP contribution in [0.3, 0.4) is 0 Å². The van der Waals surface area contributed by atoms with E-state index in [0.717, 1.165) is 54.0 Å². The van der Waals surface area contributed by atoms with Crippen molar-refractivity contribution in [3.63, 3.8) is 0 Å². The first kappa shape index (κ1) is 17.4. The van der Waals surface area contributed by atoms with E-state index in [1.165, 1.54) is 0 Å². The molecule has 0 aliphatic heterocycles. The number of anilines is 3. The number of hydrogen-bond acceptors (Lipinski definition) is 5. The molecular formula is C21H24N6. The van der Waals surface area contributed by atoms with Crippen LogP contribution < -0.4 is 16.8 Å². The fourth-order valence-corrected chi connectivity index (χ4v) is 3.85. The van der Waals surface area contributed by atoms with Crippen LogP contribution in [0, 0.1) is 11.8 Å². The second kappa shape index (κ2) is 7.29. The van der Waals surface area contributed by atoms with Crippen molar-refractivity contribution in [1.29, 1.82) is 0 Å². The number of fused-ring (bicyclic) bond motifs is 1. The van der Waals surface area contributed by atoms with Crippen LogP contribution in [-0.2, 0) is 0 Å². The van der Waals surface area contributed by atoms with Crippen LogP contribution in [0.5, 0.6) is 0 Å². The van der Waals surface area contributed by atoms with Crippen molar-refractivity contribution >= 4 is 22.8 Å². The van der Waals surface area contributed by atoms with Crippen LogP contribution >= 0.6 is 0 Å². The molecule has 4 rings (SSSR count). The summed E-state index contributed by atoms with van der Waals surface area (Å²) < 4.78 is 1.73. The van der Waals surface area contributed by atoms with Gasteiger partial charge in [-0.1, -0.05) is 24.1 Å². The van der Waals surface area contributed by atoms with Crippen molar-refractivity contribution < 1.29 is 0 Å². The Balaban J connectivity index is 1.88. The Labute approximate surface area is 159 Å². The van der Waals surface area contributed by atoms with Gasteiger partial charge >= 0.3 is 0 Å². The number of benzene rings is 1. The number of nitrogens with two attached hydrogens (primary N) is 2. The molecule has 2 aromatic heterocycles. The van der Waals surface area contributed by atoms with Crippen LogP contribution in [0.25, 0.3) is 5.65 Å². The molecular weight excluding hydrogens is 336 g/mol. The second-order valence-corrected chi connectivity index (χ2v) is 7.03. The number of aromatic nitrogens is 3. The first-order chi connectivity index (χ1) is 13.2. The number of para-hydroxylation sites is 1. The zero-order valence-electron chi connectivity index (χ0n) is 15.4. The Kier molecular flexibility index (Phi) is 4.69. The van der Waals surface area contributed by atoms with Crippen LogP contribution in [0.2, 0.25) is 0 Å². The van der Waals surface area contributed by atoms with E-state index >= 15 is 0 Å². The molecule has 0 radical (unpaired) electrons. The Morgan fingerprint density at radius 3 is 2.59 bits per heavy atom. The highest BCUT2D eigenvalue weighted by atomic mass is 15.3. The summed E-state index contributed by atoms with van der Waals surface area (Å²) in [6, 6.07) is 10.3. The number of nitrogen functional groups attached to an aromatic ring is 1. The predicted octanol–water partition coefficient (Wildman–Crippen LogP) is 3.41. The van der Waals surface area contributed by atoms with E-state index in [0.29, 0.717) is 11.7 Å². The molecule has 2 heterocycles. The van der Waals surface area contributed by atoms with Gasteiger partial charge in [-0.05, 0) is 56.6 Å². The van der Waals surface area contributed by atoms with Crippen LogP contribution in [0.1, 0.15) is 49.8 Å². The van der Waals surface area contributed by atoms with E-state index in [9.17, 15) is 0 Å².